The van der Waals surface area contributed by atoms with Crippen LogP contribution >= 0.6 is 0 Å². The highest BCUT2D eigenvalue weighted by atomic mass is 16.1. The average Bonchev–Trinajstić information content (AvgIpc) is 2.72. The van der Waals surface area contributed by atoms with Crippen molar-refractivity contribution in [2.75, 3.05) is 13.1 Å². The van der Waals surface area contributed by atoms with Gasteiger partial charge in [0.2, 0.25) is 0 Å². The van der Waals surface area contributed by atoms with E-state index in [2.05, 4.69) is 15.4 Å². The first-order valence-electron chi connectivity index (χ1n) is 6.51. The van der Waals surface area contributed by atoms with Crippen molar-refractivity contribution in [3.8, 4) is 0 Å². The molecule has 5 nitrogen and oxygen atoms in total. The maximum Gasteiger partial charge on any atom is 0.272 e. The minimum absolute atomic E-state index is 0.0166. The third kappa shape index (κ3) is 2.18. The molecule has 0 aliphatic carbocycles. The molecule has 0 amide bonds. The van der Waals surface area contributed by atoms with Crippen molar-refractivity contribution in [1.82, 2.24) is 19.9 Å². The van der Waals surface area contributed by atoms with Crippen LogP contribution in [0, 0.1) is 12.8 Å². The number of hydrogen-bond acceptors (Lipinski definition) is 3. The zero-order valence-corrected chi connectivity index (χ0v) is 10.6. The first-order valence-corrected chi connectivity index (χ1v) is 6.51. The Hall–Kier alpha value is -1.62. The number of rotatable bonds is 2. The predicted octanol–water partition coefficient (Wildman–Crippen LogP) is 0.873. The molecule has 3 heterocycles. The van der Waals surface area contributed by atoms with Crippen molar-refractivity contribution in [3.63, 3.8) is 0 Å². The second-order valence-electron chi connectivity index (χ2n) is 5.12. The number of nitrogens with one attached hydrogen (secondary N) is 2. The number of aromatic amines is 1. The molecule has 0 radical (unpaired) electrons. The lowest BCUT2D eigenvalue weighted by Crippen LogP contribution is -2.29. The number of aryl methyl sites for hydroxylation is 1. The SMILES string of the molecule is Cc1cc2nc(CC3CCNCC3)cc(=O)n2[nH]1. The molecular weight excluding hydrogens is 228 g/mol. The van der Waals surface area contributed by atoms with Crippen molar-refractivity contribution >= 4 is 5.65 Å². The first kappa shape index (κ1) is 11.5. The number of aromatic nitrogens is 3. The summed E-state index contributed by atoms with van der Waals surface area (Å²) in [5.41, 5.74) is 2.59. The second-order valence-corrected chi connectivity index (χ2v) is 5.12. The molecule has 0 atom stereocenters. The smallest absolute Gasteiger partial charge is 0.272 e. The van der Waals surface area contributed by atoms with Gasteiger partial charge in [0.25, 0.3) is 5.56 Å². The Balaban J connectivity index is 1.89. The quantitative estimate of drug-likeness (QED) is 0.826. The van der Waals surface area contributed by atoms with Gasteiger partial charge in [-0.25, -0.2) is 9.50 Å². The largest absolute Gasteiger partial charge is 0.317 e. The normalized spacial score (nSPS) is 17.4. The number of nitrogens with zero attached hydrogens (tertiary/aromatic N) is 2. The topological polar surface area (TPSA) is 62.2 Å². The maximum absolute atomic E-state index is 11.9. The molecule has 2 aromatic heterocycles. The van der Waals surface area contributed by atoms with Gasteiger partial charge in [0.05, 0.1) is 0 Å². The molecule has 0 unspecified atom stereocenters. The van der Waals surface area contributed by atoms with Gasteiger partial charge in [0, 0.05) is 23.5 Å². The van der Waals surface area contributed by atoms with Gasteiger partial charge in [-0.15, -0.1) is 0 Å². The Bertz CT molecular complexity index is 607. The summed E-state index contributed by atoms with van der Waals surface area (Å²) in [6.07, 6.45) is 3.26. The zero-order valence-electron chi connectivity index (χ0n) is 10.6. The van der Waals surface area contributed by atoms with E-state index in [1.807, 2.05) is 13.0 Å². The van der Waals surface area contributed by atoms with Crippen LogP contribution in [0.25, 0.3) is 5.65 Å². The van der Waals surface area contributed by atoms with Crippen LogP contribution in [0.2, 0.25) is 0 Å². The second kappa shape index (κ2) is 4.57. The Morgan fingerprint density at radius 2 is 2.17 bits per heavy atom. The molecule has 1 saturated heterocycles. The van der Waals surface area contributed by atoms with E-state index in [1.165, 1.54) is 17.4 Å². The number of fused-ring (bicyclic) bond motifs is 1. The van der Waals surface area contributed by atoms with Gasteiger partial charge in [0.15, 0.2) is 5.65 Å². The van der Waals surface area contributed by atoms with E-state index in [-0.39, 0.29) is 5.56 Å². The summed E-state index contributed by atoms with van der Waals surface area (Å²) in [6, 6.07) is 3.57. The minimum Gasteiger partial charge on any atom is -0.317 e. The molecule has 0 saturated carbocycles. The highest BCUT2D eigenvalue weighted by Gasteiger charge is 2.15. The van der Waals surface area contributed by atoms with Crippen molar-refractivity contribution in [1.29, 1.82) is 0 Å². The van der Waals surface area contributed by atoms with Crippen LogP contribution in [0.15, 0.2) is 16.9 Å². The molecule has 0 aromatic carbocycles. The van der Waals surface area contributed by atoms with E-state index in [0.717, 1.165) is 36.5 Å². The molecule has 0 spiro atoms. The lowest BCUT2D eigenvalue weighted by atomic mass is 9.93. The zero-order chi connectivity index (χ0) is 12.5. The molecule has 2 aromatic rings. The molecule has 96 valence electrons. The lowest BCUT2D eigenvalue weighted by Gasteiger charge is -2.21. The standard InChI is InChI=1S/C13H18N4O/c1-9-6-12-15-11(8-13(18)17(12)16-9)7-10-2-4-14-5-3-10/h6,8,10,14,16H,2-5,7H2,1H3. The van der Waals surface area contributed by atoms with E-state index in [1.54, 1.807) is 6.07 Å². The fourth-order valence-electron chi connectivity index (χ4n) is 2.65. The number of H-pyrrole nitrogens is 1. The van der Waals surface area contributed by atoms with E-state index in [0.29, 0.717) is 5.92 Å². The van der Waals surface area contributed by atoms with Crippen molar-refractivity contribution in [2.45, 2.75) is 26.2 Å². The molecule has 3 rings (SSSR count). The van der Waals surface area contributed by atoms with E-state index in [9.17, 15) is 4.79 Å². The van der Waals surface area contributed by atoms with Gasteiger partial charge in [-0.1, -0.05) is 0 Å². The monoisotopic (exact) mass is 246 g/mol. The van der Waals surface area contributed by atoms with Crippen molar-refractivity contribution in [2.24, 2.45) is 5.92 Å². The molecule has 0 bridgehead atoms. The number of hydrogen-bond donors (Lipinski definition) is 2. The molecule has 1 aliphatic rings. The van der Waals surface area contributed by atoms with Gasteiger partial charge in [-0.05, 0) is 45.2 Å². The molecule has 5 heteroatoms. The van der Waals surface area contributed by atoms with Crippen LogP contribution in [-0.4, -0.2) is 27.7 Å². The van der Waals surface area contributed by atoms with E-state index >= 15 is 0 Å². The Kier molecular flexibility index (Phi) is 2.91. The lowest BCUT2D eigenvalue weighted by molar-refractivity contribution is 0.370. The van der Waals surface area contributed by atoms with Crippen LogP contribution in [0.1, 0.15) is 24.2 Å². The molecule has 1 fully saturated rings. The van der Waals surface area contributed by atoms with Gasteiger partial charge < -0.3 is 5.32 Å². The summed E-state index contributed by atoms with van der Waals surface area (Å²) >= 11 is 0. The van der Waals surface area contributed by atoms with Crippen LogP contribution in [0.3, 0.4) is 0 Å². The third-order valence-electron chi connectivity index (χ3n) is 3.59. The summed E-state index contributed by atoms with van der Waals surface area (Å²) < 4.78 is 1.50. The molecule has 1 aliphatic heterocycles. The molecule has 18 heavy (non-hydrogen) atoms. The minimum atomic E-state index is -0.0166. The summed E-state index contributed by atoms with van der Waals surface area (Å²) in [5, 5.41) is 6.34. The third-order valence-corrected chi connectivity index (χ3v) is 3.59. The highest BCUT2D eigenvalue weighted by Crippen LogP contribution is 2.16. The highest BCUT2D eigenvalue weighted by molar-refractivity contribution is 5.39. The van der Waals surface area contributed by atoms with Crippen LogP contribution in [-0.2, 0) is 6.42 Å². The van der Waals surface area contributed by atoms with E-state index < -0.39 is 0 Å². The first-order chi connectivity index (χ1) is 8.72. The van der Waals surface area contributed by atoms with Gasteiger partial charge >= 0.3 is 0 Å². The number of piperidine rings is 1. The fraction of sp³-hybridized carbons (Fsp3) is 0.538. The fourth-order valence-corrected chi connectivity index (χ4v) is 2.65. The predicted molar refractivity (Wildman–Crippen MR) is 69.8 cm³/mol. The van der Waals surface area contributed by atoms with Crippen LogP contribution in [0.5, 0.6) is 0 Å². The van der Waals surface area contributed by atoms with Gasteiger partial charge in [0.1, 0.15) is 0 Å². The van der Waals surface area contributed by atoms with Gasteiger partial charge in [-0.2, -0.15) is 0 Å². The van der Waals surface area contributed by atoms with Crippen LogP contribution in [0.4, 0.5) is 0 Å². The van der Waals surface area contributed by atoms with Crippen molar-refractivity contribution in [3.05, 3.63) is 33.9 Å². The maximum atomic E-state index is 11.9. The van der Waals surface area contributed by atoms with E-state index in [4.69, 9.17) is 0 Å². The summed E-state index contributed by atoms with van der Waals surface area (Å²) in [5.74, 6) is 0.653. The van der Waals surface area contributed by atoms with Gasteiger partial charge in [-0.3, -0.25) is 9.89 Å². The Morgan fingerprint density at radius 3 is 2.94 bits per heavy atom. The Morgan fingerprint density at radius 1 is 1.39 bits per heavy atom. The summed E-state index contributed by atoms with van der Waals surface area (Å²) in [4.78, 5) is 16.5. The Labute approximate surface area is 105 Å². The van der Waals surface area contributed by atoms with Crippen molar-refractivity contribution < 1.29 is 0 Å². The van der Waals surface area contributed by atoms with Crippen LogP contribution < -0.4 is 10.9 Å². The summed E-state index contributed by atoms with van der Waals surface area (Å²) in [6.45, 7) is 4.09. The summed E-state index contributed by atoms with van der Waals surface area (Å²) in [7, 11) is 0. The average molecular weight is 246 g/mol. The molecule has 2 N–H and O–H groups in total. The molecular formula is C13H18N4O.